The summed E-state index contributed by atoms with van der Waals surface area (Å²) in [6.07, 6.45) is 1.58. The van der Waals surface area contributed by atoms with Gasteiger partial charge in [-0.15, -0.1) is 10.2 Å². The third-order valence-corrected chi connectivity index (χ3v) is 3.00. The number of nitrogens with one attached hydrogen (secondary N) is 1. The molecule has 0 atom stereocenters. The third-order valence-electron chi connectivity index (χ3n) is 3.00. The molecule has 2 aromatic rings. The highest BCUT2D eigenvalue weighted by Gasteiger charge is 2.28. The topological polar surface area (TPSA) is 104 Å². The Morgan fingerprint density at radius 2 is 2.15 bits per heavy atom. The van der Waals surface area contributed by atoms with Crippen LogP contribution >= 0.6 is 0 Å². The van der Waals surface area contributed by atoms with Crippen molar-refractivity contribution in [2.45, 2.75) is 26.3 Å². The van der Waals surface area contributed by atoms with Crippen LogP contribution in [0.5, 0.6) is 0 Å². The van der Waals surface area contributed by atoms with Crippen molar-refractivity contribution in [1.82, 2.24) is 24.5 Å². The lowest BCUT2D eigenvalue weighted by Crippen LogP contribution is -2.09. The number of nitro groups is 1. The van der Waals surface area contributed by atoms with Gasteiger partial charge in [-0.25, -0.2) is 4.68 Å². The van der Waals surface area contributed by atoms with Crippen LogP contribution in [0.2, 0.25) is 0 Å². The Bertz CT molecular complexity index is 629. The van der Waals surface area contributed by atoms with Crippen molar-refractivity contribution in [3.63, 3.8) is 0 Å². The fraction of sp³-hybridized carbons (Fsp3) is 0.545. The maximum absolute atomic E-state index is 11.3. The van der Waals surface area contributed by atoms with Gasteiger partial charge >= 0.3 is 5.69 Å². The largest absolute Gasteiger partial charge is 0.357 e. The van der Waals surface area contributed by atoms with Crippen LogP contribution in [-0.2, 0) is 20.6 Å². The molecule has 2 aromatic heterocycles. The van der Waals surface area contributed by atoms with Gasteiger partial charge < -0.3 is 9.88 Å². The van der Waals surface area contributed by atoms with Gasteiger partial charge in [0.15, 0.2) is 5.82 Å². The van der Waals surface area contributed by atoms with Crippen LogP contribution in [-0.4, -0.2) is 29.5 Å². The van der Waals surface area contributed by atoms with Crippen molar-refractivity contribution in [1.29, 1.82) is 0 Å². The van der Waals surface area contributed by atoms with Crippen LogP contribution in [0.15, 0.2) is 6.33 Å². The summed E-state index contributed by atoms with van der Waals surface area (Å²) in [5.74, 6) is 1.04. The molecule has 2 heterocycles. The molecule has 0 fully saturated rings. The van der Waals surface area contributed by atoms with Crippen molar-refractivity contribution < 1.29 is 4.92 Å². The van der Waals surface area contributed by atoms with E-state index < -0.39 is 4.92 Å². The van der Waals surface area contributed by atoms with Gasteiger partial charge in [-0.1, -0.05) is 13.8 Å². The number of rotatable bonds is 5. The maximum atomic E-state index is 11.3. The number of hydrogen-bond donors (Lipinski definition) is 1. The molecule has 9 nitrogen and oxygen atoms in total. The second-order valence-electron chi connectivity index (χ2n) is 4.83. The number of aryl methyl sites for hydroxylation is 2. The Hall–Kier alpha value is -2.45. The summed E-state index contributed by atoms with van der Waals surface area (Å²) >= 11 is 0. The zero-order valence-electron chi connectivity index (χ0n) is 11.9. The predicted molar refractivity (Wildman–Crippen MR) is 72.3 cm³/mol. The Labute approximate surface area is 115 Å². The van der Waals surface area contributed by atoms with Gasteiger partial charge in [0.05, 0.1) is 11.5 Å². The predicted octanol–water partition coefficient (Wildman–Crippen LogP) is 1.19. The minimum absolute atomic E-state index is 0.0182. The second kappa shape index (κ2) is 5.27. The van der Waals surface area contributed by atoms with Crippen LogP contribution in [0.3, 0.4) is 0 Å². The summed E-state index contributed by atoms with van der Waals surface area (Å²) in [6.45, 7) is 4.10. The van der Waals surface area contributed by atoms with Gasteiger partial charge in [0.25, 0.3) is 0 Å². The molecule has 0 aliphatic carbocycles. The second-order valence-corrected chi connectivity index (χ2v) is 4.83. The van der Waals surface area contributed by atoms with Crippen molar-refractivity contribution in [3.05, 3.63) is 28.0 Å². The minimum Gasteiger partial charge on any atom is -0.357 e. The van der Waals surface area contributed by atoms with E-state index in [0.29, 0.717) is 23.9 Å². The highest BCUT2D eigenvalue weighted by atomic mass is 16.6. The van der Waals surface area contributed by atoms with Crippen LogP contribution in [0.25, 0.3) is 0 Å². The molecule has 0 aromatic carbocycles. The number of anilines is 1. The van der Waals surface area contributed by atoms with Gasteiger partial charge in [-0.3, -0.25) is 10.1 Å². The van der Waals surface area contributed by atoms with Gasteiger partial charge in [0.2, 0.25) is 5.82 Å². The normalized spacial score (nSPS) is 11.1. The molecule has 108 valence electrons. The summed E-state index contributed by atoms with van der Waals surface area (Å²) in [7, 11) is 3.49. The SMILES string of the molecule is CC(C)c1nn(C)c(NCc2nncn2C)c1[N+](=O)[O-]. The summed E-state index contributed by atoms with van der Waals surface area (Å²) < 4.78 is 3.24. The Kier molecular flexibility index (Phi) is 3.68. The molecule has 1 N–H and O–H groups in total. The van der Waals surface area contributed by atoms with Crippen LogP contribution in [0.4, 0.5) is 11.5 Å². The minimum atomic E-state index is -0.401. The van der Waals surface area contributed by atoms with E-state index in [2.05, 4.69) is 20.6 Å². The zero-order chi connectivity index (χ0) is 14.9. The van der Waals surface area contributed by atoms with E-state index in [-0.39, 0.29) is 11.6 Å². The van der Waals surface area contributed by atoms with Gasteiger partial charge in [0, 0.05) is 20.0 Å². The van der Waals surface area contributed by atoms with Gasteiger partial charge in [-0.2, -0.15) is 5.10 Å². The standard InChI is InChI=1S/C11H17N7O2/c1-7(2)9-10(18(19)20)11(17(4)15-9)12-5-8-14-13-6-16(8)3/h6-7,12H,5H2,1-4H3. The molecule has 2 rings (SSSR count). The molecule has 0 spiro atoms. The van der Waals surface area contributed by atoms with Crippen LogP contribution in [0.1, 0.15) is 31.3 Å². The van der Waals surface area contributed by atoms with E-state index in [1.807, 2.05) is 20.9 Å². The highest BCUT2D eigenvalue weighted by molar-refractivity contribution is 5.60. The summed E-state index contributed by atoms with van der Waals surface area (Å²) in [6, 6.07) is 0. The molecule has 0 radical (unpaired) electrons. The van der Waals surface area contributed by atoms with Crippen molar-refractivity contribution >= 4 is 11.5 Å². The van der Waals surface area contributed by atoms with Crippen molar-refractivity contribution in [2.75, 3.05) is 5.32 Å². The maximum Gasteiger partial charge on any atom is 0.334 e. The fourth-order valence-corrected chi connectivity index (χ4v) is 1.93. The average Bonchev–Trinajstić information content (AvgIpc) is 2.90. The first-order valence-corrected chi connectivity index (χ1v) is 6.19. The molecular formula is C11H17N7O2. The van der Waals surface area contributed by atoms with Gasteiger partial charge in [0.1, 0.15) is 12.0 Å². The Morgan fingerprint density at radius 1 is 1.45 bits per heavy atom. The molecule has 0 amide bonds. The zero-order valence-corrected chi connectivity index (χ0v) is 11.9. The number of nitrogens with zero attached hydrogens (tertiary/aromatic N) is 6. The Morgan fingerprint density at radius 3 is 2.65 bits per heavy atom. The molecule has 0 saturated heterocycles. The summed E-state index contributed by atoms with van der Waals surface area (Å²) in [4.78, 5) is 10.9. The van der Waals surface area contributed by atoms with E-state index in [0.717, 1.165) is 0 Å². The molecule has 0 bridgehead atoms. The number of aromatic nitrogens is 5. The van der Waals surface area contributed by atoms with Crippen LogP contribution in [0, 0.1) is 10.1 Å². The lowest BCUT2D eigenvalue weighted by atomic mass is 10.1. The molecule has 0 saturated carbocycles. The van der Waals surface area contributed by atoms with E-state index in [1.165, 1.54) is 4.68 Å². The first-order valence-electron chi connectivity index (χ1n) is 6.19. The monoisotopic (exact) mass is 279 g/mol. The molecule has 20 heavy (non-hydrogen) atoms. The van der Waals surface area contributed by atoms with Crippen LogP contribution < -0.4 is 5.32 Å². The lowest BCUT2D eigenvalue weighted by Gasteiger charge is -2.05. The molecule has 0 aliphatic rings. The molecule has 9 heteroatoms. The van der Waals surface area contributed by atoms with E-state index in [9.17, 15) is 10.1 Å². The summed E-state index contributed by atoms with van der Waals surface area (Å²) in [5.41, 5.74) is 0.489. The first kappa shape index (κ1) is 14.0. The number of hydrogen-bond acceptors (Lipinski definition) is 6. The van der Waals surface area contributed by atoms with E-state index >= 15 is 0 Å². The summed E-state index contributed by atoms with van der Waals surface area (Å²) in [5, 5.41) is 26.2. The first-order chi connectivity index (χ1) is 9.41. The fourth-order valence-electron chi connectivity index (χ4n) is 1.93. The average molecular weight is 279 g/mol. The lowest BCUT2D eigenvalue weighted by molar-refractivity contribution is -0.384. The highest BCUT2D eigenvalue weighted by Crippen LogP contribution is 2.32. The Balaban J connectivity index is 2.31. The smallest absolute Gasteiger partial charge is 0.334 e. The molecule has 0 aliphatic heterocycles. The third kappa shape index (κ3) is 2.46. The quantitative estimate of drug-likeness (QED) is 0.651. The van der Waals surface area contributed by atoms with E-state index in [1.54, 1.807) is 17.9 Å². The van der Waals surface area contributed by atoms with Crippen molar-refractivity contribution in [2.24, 2.45) is 14.1 Å². The van der Waals surface area contributed by atoms with Crippen molar-refractivity contribution in [3.8, 4) is 0 Å². The van der Waals surface area contributed by atoms with Gasteiger partial charge in [-0.05, 0) is 0 Å². The molecule has 0 unspecified atom stereocenters. The van der Waals surface area contributed by atoms with E-state index in [4.69, 9.17) is 0 Å². The molecular weight excluding hydrogens is 262 g/mol.